The Bertz CT molecular complexity index is 1020. The molecule has 1 unspecified atom stereocenters. The molecule has 0 radical (unpaired) electrons. The van der Waals surface area contributed by atoms with Crippen molar-refractivity contribution < 1.29 is 13.2 Å². The Morgan fingerprint density at radius 1 is 1.17 bits per heavy atom. The molecule has 3 heterocycles. The molecule has 0 spiro atoms. The lowest BCUT2D eigenvalue weighted by atomic mass is 9.98. The van der Waals surface area contributed by atoms with Gasteiger partial charge in [-0.3, -0.25) is 13.8 Å². The summed E-state index contributed by atoms with van der Waals surface area (Å²) in [6.07, 6.45) is 6.08. The van der Waals surface area contributed by atoms with Gasteiger partial charge in [-0.2, -0.15) is 5.10 Å². The quantitative estimate of drug-likeness (QED) is 0.762. The summed E-state index contributed by atoms with van der Waals surface area (Å²) in [5.41, 5.74) is 1.99. The summed E-state index contributed by atoms with van der Waals surface area (Å²) >= 11 is 0. The second-order valence-corrected chi connectivity index (χ2v) is 10.1. The molecule has 9 heteroatoms. The molecule has 0 saturated carbocycles. The van der Waals surface area contributed by atoms with Crippen LogP contribution in [0.5, 0.6) is 0 Å². The lowest BCUT2D eigenvalue weighted by Crippen LogP contribution is -2.35. The number of carbonyl (C=O) groups is 1. The summed E-state index contributed by atoms with van der Waals surface area (Å²) in [5.74, 6) is 0.284. The first-order valence-corrected chi connectivity index (χ1v) is 11.9. The summed E-state index contributed by atoms with van der Waals surface area (Å²) in [4.78, 5) is 19.3. The van der Waals surface area contributed by atoms with Crippen molar-refractivity contribution in [3.05, 3.63) is 41.5 Å². The van der Waals surface area contributed by atoms with Crippen LogP contribution < -0.4 is 4.31 Å². The van der Waals surface area contributed by atoms with Crippen molar-refractivity contribution in [3.63, 3.8) is 0 Å². The second-order valence-electron chi connectivity index (χ2n) is 8.15. The Hall–Kier alpha value is -2.42. The molecular weight excluding hydrogens is 390 g/mol. The van der Waals surface area contributed by atoms with Gasteiger partial charge >= 0.3 is 0 Å². The average molecular weight is 418 g/mol. The van der Waals surface area contributed by atoms with Gasteiger partial charge in [-0.25, -0.2) is 13.4 Å². The van der Waals surface area contributed by atoms with Crippen molar-refractivity contribution in [2.24, 2.45) is 0 Å². The minimum atomic E-state index is -3.44. The van der Waals surface area contributed by atoms with Crippen LogP contribution in [-0.2, 0) is 10.0 Å². The molecule has 1 saturated heterocycles. The van der Waals surface area contributed by atoms with E-state index in [1.807, 2.05) is 24.8 Å². The van der Waals surface area contributed by atoms with Crippen molar-refractivity contribution in [2.45, 2.75) is 45.1 Å². The zero-order valence-electron chi connectivity index (χ0n) is 17.1. The first-order valence-electron chi connectivity index (χ1n) is 10.1. The van der Waals surface area contributed by atoms with E-state index >= 15 is 0 Å². The van der Waals surface area contributed by atoms with E-state index in [1.54, 1.807) is 23.1 Å². The van der Waals surface area contributed by atoms with Crippen molar-refractivity contribution in [1.29, 1.82) is 0 Å². The smallest absolute Gasteiger partial charge is 0.253 e. The lowest BCUT2D eigenvalue weighted by molar-refractivity contribution is 0.0724. The molecule has 0 N–H and O–H groups in total. The highest BCUT2D eigenvalue weighted by Crippen LogP contribution is 2.41. The molecule has 2 aliphatic heterocycles. The molecule has 1 amide bonds. The molecule has 1 aromatic heterocycles. The number of aromatic nitrogens is 3. The number of likely N-dealkylation sites (tertiary alicyclic amines) is 1. The number of sulfonamides is 1. The number of nitrogens with zero attached hydrogens (tertiary/aromatic N) is 5. The molecule has 1 fully saturated rings. The number of anilines is 1. The van der Waals surface area contributed by atoms with E-state index in [9.17, 15) is 13.2 Å². The predicted molar refractivity (Wildman–Crippen MR) is 111 cm³/mol. The number of benzene rings is 1. The summed E-state index contributed by atoms with van der Waals surface area (Å²) in [7, 11) is -3.44. The molecule has 156 valence electrons. The molecule has 1 atom stereocenters. The summed E-state index contributed by atoms with van der Waals surface area (Å²) in [6, 6.07) is 5.47. The Labute approximate surface area is 171 Å². The largest absolute Gasteiger partial charge is 0.339 e. The number of hydrogen-bond acceptors (Lipinski definition) is 5. The van der Waals surface area contributed by atoms with Crippen molar-refractivity contribution >= 4 is 21.6 Å². The fourth-order valence-electron chi connectivity index (χ4n) is 4.07. The van der Waals surface area contributed by atoms with E-state index in [0.717, 1.165) is 37.9 Å². The van der Waals surface area contributed by atoms with Crippen LogP contribution in [0, 0.1) is 0 Å². The zero-order valence-corrected chi connectivity index (χ0v) is 17.9. The second kappa shape index (κ2) is 7.44. The van der Waals surface area contributed by atoms with Crippen LogP contribution in [0.2, 0.25) is 0 Å². The van der Waals surface area contributed by atoms with Crippen molar-refractivity contribution in [3.8, 4) is 0 Å². The molecule has 0 aliphatic carbocycles. The topological polar surface area (TPSA) is 88.4 Å². The highest BCUT2D eigenvalue weighted by Gasteiger charge is 2.37. The number of carbonyl (C=O) groups excluding carboxylic acids is 1. The first kappa shape index (κ1) is 19.9. The van der Waals surface area contributed by atoms with Crippen LogP contribution in [-0.4, -0.2) is 59.9 Å². The number of rotatable bonds is 4. The van der Waals surface area contributed by atoms with Gasteiger partial charge in [-0.1, -0.05) is 0 Å². The minimum absolute atomic E-state index is 0.00437. The van der Waals surface area contributed by atoms with Crippen molar-refractivity contribution in [1.82, 2.24) is 19.7 Å². The van der Waals surface area contributed by atoms with Crippen LogP contribution in [0.3, 0.4) is 0 Å². The van der Waals surface area contributed by atoms with Gasteiger partial charge in [0.15, 0.2) is 5.82 Å². The Morgan fingerprint density at radius 2 is 1.90 bits per heavy atom. The maximum atomic E-state index is 13.0. The van der Waals surface area contributed by atoms with E-state index < -0.39 is 10.0 Å². The van der Waals surface area contributed by atoms with Crippen molar-refractivity contribution in [2.75, 3.05) is 30.2 Å². The van der Waals surface area contributed by atoms with Crippen LogP contribution in [0.25, 0.3) is 0 Å². The van der Waals surface area contributed by atoms with Gasteiger partial charge in [0.2, 0.25) is 10.0 Å². The Kier molecular flexibility index (Phi) is 5.10. The van der Waals surface area contributed by atoms with E-state index in [-0.39, 0.29) is 24.4 Å². The molecule has 29 heavy (non-hydrogen) atoms. The lowest BCUT2D eigenvalue weighted by Gasteiger charge is -2.27. The van der Waals surface area contributed by atoms with Crippen LogP contribution in [0.1, 0.15) is 66.8 Å². The van der Waals surface area contributed by atoms with Gasteiger partial charge < -0.3 is 4.90 Å². The normalized spacial score (nSPS) is 19.7. The molecule has 8 nitrogen and oxygen atoms in total. The monoisotopic (exact) mass is 417 g/mol. The summed E-state index contributed by atoms with van der Waals surface area (Å²) in [5, 5.41) is 4.56. The van der Waals surface area contributed by atoms with Gasteiger partial charge in [-0.15, -0.1) is 0 Å². The van der Waals surface area contributed by atoms with E-state index in [1.165, 1.54) is 10.6 Å². The average Bonchev–Trinajstić information content (AvgIpc) is 3.32. The fourth-order valence-corrected chi connectivity index (χ4v) is 5.01. The molecular formula is C20H27N5O3S. The molecule has 2 aromatic rings. The third-order valence-electron chi connectivity index (χ3n) is 5.68. The highest BCUT2D eigenvalue weighted by molar-refractivity contribution is 7.92. The van der Waals surface area contributed by atoms with Gasteiger partial charge in [0.25, 0.3) is 5.91 Å². The number of fused-ring (bicyclic) bond motifs is 1. The first-order chi connectivity index (χ1) is 13.8. The molecule has 4 rings (SSSR count). The standard InChI is InChI=1S/C20H27N5O3S/c1-14(2)24-13-21-19(22-24)17-12-25(29(3,27)28)18-8-7-15(11-16(17)18)20(26)23-9-5-4-6-10-23/h7-8,11,13-14,17H,4-6,9-10,12H2,1-3H3. The minimum Gasteiger partial charge on any atom is -0.339 e. The maximum Gasteiger partial charge on any atom is 0.253 e. The van der Waals surface area contributed by atoms with Gasteiger partial charge in [0, 0.05) is 31.2 Å². The summed E-state index contributed by atoms with van der Waals surface area (Å²) < 4.78 is 27.9. The fraction of sp³-hybridized carbons (Fsp3) is 0.550. The molecule has 1 aromatic carbocycles. The predicted octanol–water partition coefficient (Wildman–Crippen LogP) is 2.40. The molecule has 2 aliphatic rings. The third-order valence-corrected chi connectivity index (χ3v) is 6.82. The van der Waals surface area contributed by atoms with Crippen LogP contribution in [0.4, 0.5) is 5.69 Å². The zero-order chi connectivity index (χ0) is 20.8. The number of hydrogen-bond donors (Lipinski definition) is 0. The Balaban J connectivity index is 1.73. The van der Waals surface area contributed by atoms with Gasteiger partial charge in [0.05, 0.1) is 17.9 Å². The SMILES string of the molecule is CC(C)n1cnc(C2CN(S(C)(=O)=O)c3ccc(C(=O)N4CCCCC4)cc32)n1. The van der Waals surface area contributed by atoms with Crippen LogP contribution >= 0.6 is 0 Å². The number of amides is 1. The molecule has 0 bridgehead atoms. The highest BCUT2D eigenvalue weighted by atomic mass is 32.2. The third kappa shape index (κ3) is 3.75. The Morgan fingerprint density at radius 3 is 2.52 bits per heavy atom. The number of piperidine rings is 1. The van der Waals surface area contributed by atoms with Gasteiger partial charge in [-0.05, 0) is 56.9 Å². The summed E-state index contributed by atoms with van der Waals surface area (Å²) in [6.45, 7) is 5.82. The van der Waals surface area contributed by atoms with E-state index in [4.69, 9.17) is 0 Å². The van der Waals surface area contributed by atoms with E-state index in [0.29, 0.717) is 17.1 Å². The maximum absolute atomic E-state index is 13.0. The van der Waals surface area contributed by atoms with Gasteiger partial charge in [0.1, 0.15) is 6.33 Å². The van der Waals surface area contributed by atoms with Crippen LogP contribution in [0.15, 0.2) is 24.5 Å². The van der Waals surface area contributed by atoms with E-state index in [2.05, 4.69) is 10.1 Å².